The van der Waals surface area contributed by atoms with Crippen molar-refractivity contribution in [2.75, 3.05) is 27.7 Å². The Hall–Kier alpha value is -4.77. The van der Waals surface area contributed by atoms with Crippen LogP contribution < -0.4 is 26.0 Å². The topological polar surface area (TPSA) is 222 Å². The molecule has 17 nitrogen and oxygen atoms in total. The van der Waals surface area contributed by atoms with Crippen LogP contribution in [-0.2, 0) is 49.5 Å². The summed E-state index contributed by atoms with van der Waals surface area (Å²) in [7, 11) is 4.60. The number of likely N-dealkylation sites (N-methyl/N-ethyl adjacent to an activating group) is 2. The largest absolute Gasteiger partial charge is 0.497 e. The van der Waals surface area contributed by atoms with Crippen LogP contribution in [0.3, 0.4) is 0 Å². The summed E-state index contributed by atoms with van der Waals surface area (Å²) in [6.07, 6.45) is -2.90. The van der Waals surface area contributed by atoms with Gasteiger partial charge in [0.15, 0.2) is 6.10 Å². The number of ether oxygens (including phenoxy) is 3. The van der Waals surface area contributed by atoms with Gasteiger partial charge in [0.05, 0.1) is 31.7 Å². The van der Waals surface area contributed by atoms with Gasteiger partial charge in [-0.1, -0.05) is 73.9 Å². The molecule has 2 aliphatic heterocycles. The monoisotopic (exact) mass is 887 g/mol. The number of rotatable bonds is 13. The Kier molecular flexibility index (Phi) is 20.3. The van der Waals surface area contributed by atoms with Crippen LogP contribution in [0.1, 0.15) is 106 Å². The smallest absolute Gasteiger partial charge is 0.329 e. The van der Waals surface area contributed by atoms with Crippen LogP contribution in [0.15, 0.2) is 24.3 Å². The van der Waals surface area contributed by atoms with Crippen molar-refractivity contribution >= 4 is 41.5 Å². The number of fused-ring (bicyclic) bond motifs is 1. The molecule has 2 heterocycles. The van der Waals surface area contributed by atoms with E-state index in [1.807, 2.05) is 34.6 Å². The summed E-state index contributed by atoms with van der Waals surface area (Å²) in [5, 5.41) is 22.9. The third-order valence-electron chi connectivity index (χ3n) is 12.0. The summed E-state index contributed by atoms with van der Waals surface area (Å²) < 4.78 is 17.1. The zero-order valence-corrected chi connectivity index (χ0v) is 39.4. The second kappa shape index (κ2) is 24.3. The predicted molar refractivity (Wildman–Crippen MR) is 236 cm³/mol. The van der Waals surface area contributed by atoms with Crippen LogP contribution in [0, 0.1) is 23.7 Å². The minimum Gasteiger partial charge on any atom is -0.497 e. The molecular weight excluding hydrogens is 813 g/mol. The molecule has 2 fully saturated rings. The van der Waals surface area contributed by atoms with Crippen LogP contribution in [0.5, 0.6) is 5.75 Å². The lowest BCUT2D eigenvalue weighted by Crippen LogP contribution is -2.61. The van der Waals surface area contributed by atoms with Crippen molar-refractivity contribution in [3.05, 3.63) is 29.8 Å². The fraction of sp³-hybridized carbons (Fsp3) is 0.717. The molecule has 0 aliphatic carbocycles. The van der Waals surface area contributed by atoms with Crippen molar-refractivity contribution in [2.24, 2.45) is 23.7 Å². The number of nitrogens with one attached hydrogen (secondary N) is 4. The Morgan fingerprint density at radius 3 is 2.14 bits per heavy atom. The van der Waals surface area contributed by atoms with Crippen molar-refractivity contribution < 1.29 is 52.9 Å². The molecule has 63 heavy (non-hydrogen) atoms. The standard InChI is InChI=1S/C46H74N6O11/c1-13-28(8)38-36(53)24-37(54)63-40(27(6)7)43(57)48-33(22-26(4)5)44(58)52-20-14-15-34(52)45(59)51(11)35(23-30-16-18-31(61-12)19-17-30)46(60)62-29(9)39(42(56)49-38)50-41(55)32(47-10)21-25(2)3/h16-19,25-29,32-36,38-40,47,53H,13-15,20-24H2,1-12H3,(H,48,57)(H,49,56)(H,50,55)/t28-,29+,32+,33-,34?,35-,36-,38+,39-,40-/m0/s1. The van der Waals surface area contributed by atoms with Crippen molar-refractivity contribution in [1.29, 1.82) is 0 Å². The molecule has 0 saturated carbocycles. The molecule has 0 bridgehead atoms. The molecule has 0 radical (unpaired) electrons. The van der Waals surface area contributed by atoms with Gasteiger partial charge in [0.25, 0.3) is 5.91 Å². The van der Waals surface area contributed by atoms with Crippen LogP contribution in [0.4, 0.5) is 0 Å². The van der Waals surface area contributed by atoms with E-state index in [1.54, 1.807) is 52.1 Å². The summed E-state index contributed by atoms with van der Waals surface area (Å²) in [4.78, 5) is 102. The number of benzene rings is 1. The molecule has 2 aliphatic rings. The lowest BCUT2D eigenvalue weighted by Gasteiger charge is -2.35. The molecule has 17 heteroatoms. The van der Waals surface area contributed by atoms with E-state index in [9.17, 15) is 38.7 Å². The zero-order valence-electron chi connectivity index (χ0n) is 39.4. The zero-order chi connectivity index (χ0) is 47.3. The van der Waals surface area contributed by atoms with E-state index >= 15 is 0 Å². The molecule has 5 amide bonds. The first kappa shape index (κ1) is 52.6. The van der Waals surface area contributed by atoms with Crippen LogP contribution in [0.2, 0.25) is 0 Å². The highest BCUT2D eigenvalue weighted by Gasteiger charge is 2.44. The molecule has 2 saturated heterocycles. The van der Waals surface area contributed by atoms with E-state index in [0.717, 1.165) is 0 Å². The van der Waals surface area contributed by atoms with E-state index < -0.39 is 114 Å². The van der Waals surface area contributed by atoms with E-state index in [-0.39, 0.29) is 31.2 Å². The number of aliphatic hydroxyl groups is 1. The molecule has 1 aromatic carbocycles. The highest BCUT2D eigenvalue weighted by molar-refractivity contribution is 5.95. The Morgan fingerprint density at radius 2 is 1.59 bits per heavy atom. The highest BCUT2D eigenvalue weighted by atomic mass is 16.6. The maximum Gasteiger partial charge on any atom is 0.329 e. The third-order valence-corrected chi connectivity index (χ3v) is 12.0. The Morgan fingerprint density at radius 1 is 0.937 bits per heavy atom. The number of methoxy groups -OCH3 is 1. The molecule has 5 N–H and O–H groups in total. The molecule has 0 spiro atoms. The van der Waals surface area contributed by atoms with Crippen LogP contribution in [0.25, 0.3) is 0 Å². The summed E-state index contributed by atoms with van der Waals surface area (Å²) in [6.45, 7) is 16.3. The first-order valence-electron chi connectivity index (χ1n) is 22.5. The average molecular weight is 887 g/mol. The predicted octanol–water partition coefficient (Wildman–Crippen LogP) is 2.50. The highest BCUT2D eigenvalue weighted by Crippen LogP contribution is 2.25. The van der Waals surface area contributed by atoms with Gasteiger partial charge in [0.2, 0.25) is 23.6 Å². The first-order chi connectivity index (χ1) is 29.6. The summed E-state index contributed by atoms with van der Waals surface area (Å²) in [5.41, 5.74) is 0.657. The van der Waals surface area contributed by atoms with Gasteiger partial charge in [0, 0.05) is 20.0 Å². The van der Waals surface area contributed by atoms with Gasteiger partial charge in [-0.15, -0.1) is 0 Å². The van der Waals surface area contributed by atoms with Crippen molar-refractivity contribution in [2.45, 2.75) is 162 Å². The minimum atomic E-state index is -1.50. The number of aliphatic hydroxyl groups excluding tert-OH is 1. The fourth-order valence-corrected chi connectivity index (χ4v) is 8.10. The Bertz CT molecular complexity index is 1720. The van der Waals surface area contributed by atoms with Crippen LogP contribution >= 0.6 is 0 Å². The lowest BCUT2D eigenvalue weighted by molar-refractivity contribution is -0.162. The van der Waals surface area contributed by atoms with Crippen LogP contribution in [-0.4, -0.2) is 139 Å². The molecule has 3 rings (SSSR count). The summed E-state index contributed by atoms with van der Waals surface area (Å²) >= 11 is 0. The van der Waals surface area contributed by atoms with Gasteiger partial charge >= 0.3 is 11.9 Å². The number of carbonyl (C=O) groups excluding carboxylic acids is 7. The second-order valence-corrected chi connectivity index (χ2v) is 18.3. The maximum atomic E-state index is 14.6. The van der Waals surface area contributed by atoms with Gasteiger partial charge < -0.3 is 50.4 Å². The minimum absolute atomic E-state index is 0.0170. The lowest BCUT2D eigenvalue weighted by atomic mass is 9.92. The van der Waals surface area contributed by atoms with Crippen molar-refractivity contribution in [3.8, 4) is 5.75 Å². The summed E-state index contributed by atoms with van der Waals surface area (Å²) in [5.74, 6) is -5.17. The van der Waals surface area contributed by atoms with Gasteiger partial charge in [-0.05, 0) is 81.0 Å². The first-order valence-corrected chi connectivity index (χ1v) is 22.5. The summed E-state index contributed by atoms with van der Waals surface area (Å²) in [6, 6.07) is 0.348. The van der Waals surface area contributed by atoms with Gasteiger partial charge in [-0.3, -0.25) is 28.8 Å². The molecule has 354 valence electrons. The van der Waals surface area contributed by atoms with E-state index in [0.29, 0.717) is 37.0 Å². The number of hydrogen-bond donors (Lipinski definition) is 5. The van der Waals surface area contributed by atoms with Gasteiger partial charge in [-0.25, -0.2) is 4.79 Å². The number of hydrogen-bond acceptors (Lipinski definition) is 12. The number of esters is 2. The number of cyclic esters (lactones) is 2. The quantitative estimate of drug-likeness (QED) is 0.181. The van der Waals surface area contributed by atoms with E-state index in [1.165, 1.54) is 30.9 Å². The molecule has 10 atom stereocenters. The normalized spacial score (nSPS) is 27.2. The molecule has 0 aromatic heterocycles. The molecule has 1 unspecified atom stereocenters. The number of amides is 5. The van der Waals surface area contributed by atoms with E-state index in [4.69, 9.17) is 14.2 Å². The van der Waals surface area contributed by atoms with Gasteiger partial charge in [-0.2, -0.15) is 0 Å². The average Bonchev–Trinajstić information content (AvgIpc) is 3.72. The Labute approximate surface area is 373 Å². The molecule has 1 aromatic rings. The van der Waals surface area contributed by atoms with Gasteiger partial charge in [0.1, 0.15) is 36.0 Å². The number of nitrogens with zero attached hydrogens (tertiary/aromatic N) is 2. The third kappa shape index (κ3) is 14.6. The Balaban J connectivity index is 2.21. The maximum absolute atomic E-state index is 14.6. The van der Waals surface area contributed by atoms with Crippen molar-refractivity contribution in [1.82, 2.24) is 31.1 Å². The van der Waals surface area contributed by atoms with Crippen molar-refractivity contribution in [3.63, 3.8) is 0 Å². The van der Waals surface area contributed by atoms with E-state index in [2.05, 4.69) is 21.3 Å². The second-order valence-electron chi connectivity index (χ2n) is 18.3. The number of carbonyl (C=O) groups is 7. The fourth-order valence-electron chi connectivity index (χ4n) is 8.10. The molecular formula is C46H74N6O11. The SMILES string of the molecule is CC[C@H](C)[C@H]1NC(=O)[C@@H](NC(=O)[C@@H](CC(C)C)NC)[C@@H](C)OC(=O)[C@H](Cc2ccc(OC)cc2)N(C)C(=O)C2CCCN2C(=O)[C@H](CC(C)C)NC(=O)[C@H](C(C)C)OC(=O)C[C@@H]1O.